The molecule has 0 radical (unpaired) electrons. The number of aromatic nitrogens is 4. The summed E-state index contributed by atoms with van der Waals surface area (Å²) < 4.78 is 20.4. The molecular formula is C29H33FN8O4. The number of nitrogens with one attached hydrogen (secondary N) is 3. The van der Waals surface area contributed by atoms with E-state index in [1.165, 1.54) is 0 Å². The van der Waals surface area contributed by atoms with Gasteiger partial charge >= 0.3 is 5.97 Å². The Hall–Kier alpha value is -4.46. The van der Waals surface area contributed by atoms with Crippen molar-refractivity contribution in [3.8, 4) is 11.3 Å². The zero-order valence-electron chi connectivity index (χ0n) is 23.4. The van der Waals surface area contributed by atoms with Crippen molar-refractivity contribution in [2.45, 2.75) is 18.9 Å². The molecule has 4 heterocycles. The molecule has 1 amide bonds. The molecule has 5 rings (SSSR count). The fourth-order valence-electron chi connectivity index (χ4n) is 4.96. The van der Waals surface area contributed by atoms with Crippen molar-refractivity contribution in [2.75, 3.05) is 57.6 Å². The third-order valence-electron chi connectivity index (χ3n) is 7.22. The Morgan fingerprint density at radius 3 is 2.69 bits per heavy atom. The number of fused-ring (bicyclic) bond motifs is 1. The number of anilines is 3. The van der Waals surface area contributed by atoms with Crippen LogP contribution in [-0.2, 0) is 20.7 Å². The number of amides is 1. The molecule has 1 unspecified atom stereocenters. The van der Waals surface area contributed by atoms with Gasteiger partial charge in [0.15, 0.2) is 5.82 Å². The standard InChI is InChI=1S/C29H33FN8O4/c1-37-11-13-38(14-12-37)23(17-42-2)28(41)34-22-7-4-6-19-20(15-31-27(19)22)26-21(30)16-32-29(36-26)35-24-8-3-5-18(33-24)9-10-25(39)40/h3-8,15-16,23,31H,9-14,17H2,1-2H3,(H,34,41)(H,39,40)(H,32,33,35,36). The van der Waals surface area contributed by atoms with E-state index in [1.807, 2.05) is 6.07 Å². The Balaban J connectivity index is 1.37. The van der Waals surface area contributed by atoms with Gasteiger partial charge in [-0.25, -0.2) is 19.3 Å². The molecule has 0 saturated carbocycles. The first kappa shape index (κ1) is 29.0. The maximum Gasteiger partial charge on any atom is 0.303 e. The van der Waals surface area contributed by atoms with Crippen molar-refractivity contribution in [3.05, 3.63) is 60.3 Å². The van der Waals surface area contributed by atoms with Crippen LogP contribution in [0, 0.1) is 5.82 Å². The third-order valence-corrected chi connectivity index (χ3v) is 7.22. The number of methoxy groups -OCH3 is 1. The maximum absolute atomic E-state index is 15.0. The predicted molar refractivity (Wildman–Crippen MR) is 156 cm³/mol. The number of carboxylic acid groups (broad SMARTS) is 1. The number of para-hydroxylation sites is 1. The molecule has 1 aromatic carbocycles. The van der Waals surface area contributed by atoms with E-state index < -0.39 is 17.8 Å². The van der Waals surface area contributed by atoms with Crippen LogP contribution in [0.2, 0.25) is 0 Å². The van der Waals surface area contributed by atoms with Crippen LogP contribution in [0.4, 0.5) is 21.8 Å². The molecule has 0 bridgehead atoms. The zero-order valence-corrected chi connectivity index (χ0v) is 23.4. The summed E-state index contributed by atoms with van der Waals surface area (Å²) in [4.78, 5) is 44.7. The van der Waals surface area contributed by atoms with Crippen LogP contribution in [0.25, 0.3) is 22.2 Å². The molecule has 1 aliphatic heterocycles. The molecule has 220 valence electrons. The minimum absolute atomic E-state index is 0.0421. The van der Waals surface area contributed by atoms with E-state index in [1.54, 1.807) is 43.6 Å². The topological polar surface area (TPSA) is 149 Å². The van der Waals surface area contributed by atoms with E-state index in [0.717, 1.165) is 32.4 Å². The summed E-state index contributed by atoms with van der Waals surface area (Å²) in [6.45, 7) is 3.54. The van der Waals surface area contributed by atoms with Crippen molar-refractivity contribution >= 4 is 40.2 Å². The number of nitrogens with zero attached hydrogens (tertiary/aromatic N) is 5. The molecule has 42 heavy (non-hydrogen) atoms. The van der Waals surface area contributed by atoms with Crippen LogP contribution in [0.5, 0.6) is 0 Å². The second-order valence-electron chi connectivity index (χ2n) is 10.2. The van der Waals surface area contributed by atoms with Crippen molar-refractivity contribution in [1.82, 2.24) is 29.7 Å². The van der Waals surface area contributed by atoms with E-state index in [0.29, 0.717) is 33.7 Å². The van der Waals surface area contributed by atoms with Gasteiger partial charge in [0.05, 0.1) is 30.4 Å². The van der Waals surface area contributed by atoms with Crippen molar-refractivity contribution in [2.24, 2.45) is 0 Å². The van der Waals surface area contributed by atoms with Gasteiger partial charge in [-0.1, -0.05) is 18.2 Å². The normalized spacial score (nSPS) is 15.0. The average Bonchev–Trinajstić information content (AvgIpc) is 3.41. The lowest BCUT2D eigenvalue weighted by Gasteiger charge is -2.36. The number of aliphatic carboxylic acids is 1. The largest absolute Gasteiger partial charge is 0.481 e. The first-order valence-corrected chi connectivity index (χ1v) is 13.6. The van der Waals surface area contributed by atoms with E-state index in [2.05, 4.69) is 47.4 Å². The smallest absolute Gasteiger partial charge is 0.303 e. The molecule has 1 saturated heterocycles. The molecule has 1 fully saturated rings. The number of aromatic amines is 1. The molecule has 1 aliphatic rings. The first-order valence-electron chi connectivity index (χ1n) is 13.6. The minimum Gasteiger partial charge on any atom is -0.481 e. The molecule has 12 nitrogen and oxygen atoms in total. The molecule has 0 aliphatic carbocycles. The van der Waals surface area contributed by atoms with Crippen LogP contribution in [0.3, 0.4) is 0 Å². The number of rotatable bonds is 11. The van der Waals surface area contributed by atoms with Crippen LogP contribution >= 0.6 is 0 Å². The highest BCUT2D eigenvalue weighted by atomic mass is 19.1. The van der Waals surface area contributed by atoms with E-state index >= 15 is 4.39 Å². The number of carbonyl (C=O) groups is 2. The van der Waals surface area contributed by atoms with Gasteiger partial charge in [0.25, 0.3) is 0 Å². The van der Waals surface area contributed by atoms with E-state index in [9.17, 15) is 9.59 Å². The summed E-state index contributed by atoms with van der Waals surface area (Å²) in [6, 6.07) is 10.1. The Morgan fingerprint density at radius 2 is 1.93 bits per heavy atom. The molecular weight excluding hydrogens is 543 g/mol. The van der Waals surface area contributed by atoms with Gasteiger partial charge in [-0.15, -0.1) is 0 Å². The fraction of sp³-hybridized carbons (Fsp3) is 0.345. The lowest BCUT2D eigenvalue weighted by atomic mass is 10.1. The number of hydrogen-bond donors (Lipinski definition) is 4. The number of ether oxygens (including phenoxy) is 1. The maximum atomic E-state index is 15.0. The van der Waals surface area contributed by atoms with Crippen LogP contribution in [0.15, 0.2) is 48.8 Å². The summed E-state index contributed by atoms with van der Waals surface area (Å²) in [6.07, 6.45) is 2.96. The summed E-state index contributed by atoms with van der Waals surface area (Å²) in [5.74, 6) is -1.17. The summed E-state index contributed by atoms with van der Waals surface area (Å²) in [7, 11) is 3.64. The highest BCUT2D eigenvalue weighted by molar-refractivity contribution is 6.06. The second-order valence-corrected chi connectivity index (χ2v) is 10.2. The molecule has 1 atom stereocenters. The Labute approximate surface area is 241 Å². The van der Waals surface area contributed by atoms with Gasteiger partial charge in [0.1, 0.15) is 17.6 Å². The lowest BCUT2D eigenvalue weighted by molar-refractivity contribution is -0.137. The van der Waals surface area contributed by atoms with Crippen molar-refractivity contribution in [1.29, 1.82) is 0 Å². The molecule has 3 aromatic heterocycles. The number of carboxylic acids is 1. The number of hydrogen-bond acceptors (Lipinski definition) is 9. The number of benzene rings is 1. The number of pyridine rings is 1. The molecule has 4 aromatic rings. The summed E-state index contributed by atoms with van der Waals surface area (Å²) in [5.41, 5.74) is 2.36. The van der Waals surface area contributed by atoms with E-state index in [4.69, 9.17) is 9.84 Å². The summed E-state index contributed by atoms with van der Waals surface area (Å²) >= 11 is 0. The average molecular weight is 577 g/mol. The Morgan fingerprint density at radius 1 is 1.14 bits per heavy atom. The van der Waals surface area contributed by atoms with Crippen LogP contribution in [-0.4, -0.2) is 99.7 Å². The Bertz CT molecular complexity index is 1570. The van der Waals surface area contributed by atoms with Crippen molar-refractivity contribution in [3.63, 3.8) is 0 Å². The quantitative estimate of drug-likeness (QED) is 0.210. The van der Waals surface area contributed by atoms with Gasteiger partial charge in [0.2, 0.25) is 11.9 Å². The number of likely N-dealkylation sites (N-methyl/N-ethyl adjacent to an activating group) is 1. The lowest BCUT2D eigenvalue weighted by Crippen LogP contribution is -2.54. The number of piperazine rings is 1. The monoisotopic (exact) mass is 576 g/mol. The number of halogens is 1. The van der Waals surface area contributed by atoms with Gasteiger partial charge in [-0.3, -0.25) is 14.5 Å². The van der Waals surface area contributed by atoms with E-state index in [-0.39, 0.29) is 37.0 Å². The fourth-order valence-corrected chi connectivity index (χ4v) is 4.96. The molecule has 0 spiro atoms. The summed E-state index contributed by atoms with van der Waals surface area (Å²) in [5, 5.41) is 15.6. The highest BCUT2D eigenvalue weighted by Gasteiger charge is 2.29. The number of carbonyl (C=O) groups excluding carboxylic acids is 1. The predicted octanol–water partition coefficient (Wildman–Crippen LogP) is 3.12. The van der Waals surface area contributed by atoms with Gasteiger partial charge in [-0.05, 0) is 25.2 Å². The zero-order chi connectivity index (χ0) is 29.6. The number of aryl methyl sites for hydroxylation is 1. The van der Waals surface area contributed by atoms with Gasteiger partial charge in [-0.2, -0.15) is 0 Å². The van der Waals surface area contributed by atoms with Crippen LogP contribution < -0.4 is 10.6 Å². The second kappa shape index (κ2) is 13.0. The third kappa shape index (κ3) is 6.70. The van der Waals surface area contributed by atoms with Gasteiger partial charge < -0.3 is 30.4 Å². The molecule has 4 N–H and O–H groups in total. The minimum atomic E-state index is -0.909. The van der Waals surface area contributed by atoms with Crippen LogP contribution in [0.1, 0.15) is 12.1 Å². The highest BCUT2D eigenvalue weighted by Crippen LogP contribution is 2.33. The number of H-pyrrole nitrogens is 1. The van der Waals surface area contributed by atoms with Crippen molar-refractivity contribution < 1.29 is 23.8 Å². The van der Waals surface area contributed by atoms with Gasteiger partial charge in [0, 0.05) is 62.6 Å². The first-order chi connectivity index (χ1) is 20.3. The molecule has 13 heteroatoms. The Kier molecular flexibility index (Phi) is 9.00. The SMILES string of the molecule is COCC(C(=O)Nc1cccc2c(-c3nc(Nc4cccc(CCC(=O)O)n4)ncc3F)c[nH]c12)N1CCN(C)CC1.